The van der Waals surface area contributed by atoms with E-state index in [0.717, 1.165) is 19.6 Å². The molecule has 72 valence electrons. The highest BCUT2D eigenvalue weighted by Crippen LogP contribution is 2.29. The Morgan fingerprint density at radius 1 is 1.58 bits per heavy atom. The van der Waals surface area contributed by atoms with E-state index in [4.69, 9.17) is 0 Å². The van der Waals surface area contributed by atoms with E-state index in [1.165, 1.54) is 5.75 Å². The van der Waals surface area contributed by atoms with E-state index in [1.54, 1.807) is 0 Å². The topological polar surface area (TPSA) is 23.5 Å². The van der Waals surface area contributed by atoms with Crippen LogP contribution in [0.15, 0.2) is 0 Å². The van der Waals surface area contributed by atoms with Gasteiger partial charge in [0.2, 0.25) is 0 Å². The molecule has 0 bridgehead atoms. The van der Waals surface area contributed by atoms with Crippen LogP contribution in [0.5, 0.6) is 0 Å². The number of β-amino-alcohol motifs (C(OH)–C–C–N with tert-alkyl or cyclic N) is 1. The Bertz CT molecular complexity index is 147. The Morgan fingerprint density at radius 2 is 2.25 bits per heavy atom. The molecule has 1 rings (SSSR count). The van der Waals surface area contributed by atoms with Crippen LogP contribution in [0, 0.1) is 0 Å². The Morgan fingerprint density at radius 3 is 2.75 bits per heavy atom. The summed E-state index contributed by atoms with van der Waals surface area (Å²) in [6.45, 7) is 9.44. The molecule has 1 saturated heterocycles. The molecule has 1 fully saturated rings. The molecule has 0 aromatic carbocycles. The average molecular weight is 189 g/mol. The lowest BCUT2D eigenvalue weighted by Crippen LogP contribution is -2.45. The smallest absolute Gasteiger partial charge is 0.0639 e. The van der Waals surface area contributed by atoms with E-state index in [2.05, 4.69) is 18.7 Å². The van der Waals surface area contributed by atoms with Crippen molar-refractivity contribution in [2.45, 2.75) is 31.6 Å². The highest BCUT2D eigenvalue weighted by molar-refractivity contribution is 8.00. The number of hydrogen-bond acceptors (Lipinski definition) is 3. The highest BCUT2D eigenvalue weighted by Gasteiger charge is 2.27. The van der Waals surface area contributed by atoms with Crippen molar-refractivity contribution in [1.82, 2.24) is 4.90 Å². The minimum absolute atomic E-state index is 0.191. The van der Waals surface area contributed by atoms with Gasteiger partial charge in [0.05, 0.1) is 6.10 Å². The van der Waals surface area contributed by atoms with Gasteiger partial charge in [-0.05, 0) is 20.8 Å². The van der Waals surface area contributed by atoms with Gasteiger partial charge in [0.25, 0.3) is 0 Å². The fourth-order valence-electron chi connectivity index (χ4n) is 1.64. The average Bonchev–Trinajstić information content (AvgIpc) is 1.82. The standard InChI is InChI=1S/C9H19NOS/c1-8(11)6-10-4-5-12-9(2,3)7-10/h8,11H,4-7H2,1-3H3/t8-/m0/s1. The molecule has 1 aliphatic rings. The van der Waals surface area contributed by atoms with E-state index in [-0.39, 0.29) is 6.10 Å². The zero-order valence-corrected chi connectivity index (χ0v) is 9.02. The molecule has 1 N–H and O–H groups in total. The summed E-state index contributed by atoms with van der Waals surface area (Å²) in [7, 11) is 0. The summed E-state index contributed by atoms with van der Waals surface area (Å²) in [5, 5.41) is 9.23. The second-order valence-corrected chi connectivity index (χ2v) is 5.99. The highest BCUT2D eigenvalue weighted by atomic mass is 32.2. The van der Waals surface area contributed by atoms with Crippen molar-refractivity contribution in [3.8, 4) is 0 Å². The number of rotatable bonds is 2. The van der Waals surface area contributed by atoms with Crippen LogP contribution in [0.3, 0.4) is 0 Å². The lowest BCUT2D eigenvalue weighted by atomic mass is 10.2. The van der Waals surface area contributed by atoms with Crippen LogP contribution in [0.25, 0.3) is 0 Å². The van der Waals surface area contributed by atoms with E-state index >= 15 is 0 Å². The second-order valence-electron chi connectivity index (χ2n) is 4.19. The van der Waals surface area contributed by atoms with Gasteiger partial charge in [0, 0.05) is 30.1 Å². The largest absolute Gasteiger partial charge is 0.392 e. The Kier molecular flexibility index (Phi) is 3.44. The van der Waals surface area contributed by atoms with Crippen LogP contribution in [0.2, 0.25) is 0 Å². The molecular weight excluding hydrogens is 170 g/mol. The third-order valence-electron chi connectivity index (χ3n) is 2.03. The van der Waals surface area contributed by atoms with E-state index in [1.807, 2.05) is 18.7 Å². The van der Waals surface area contributed by atoms with Gasteiger partial charge in [-0.1, -0.05) is 0 Å². The molecule has 0 aliphatic carbocycles. The van der Waals surface area contributed by atoms with Crippen molar-refractivity contribution in [1.29, 1.82) is 0 Å². The maximum Gasteiger partial charge on any atom is 0.0639 e. The quantitative estimate of drug-likeness (QED) is 0.706. The molecule has 1 aliphatic heterocycles. The fourth-order valence-corrected chi connectivity index (χ4v) is 2.82. The Hall–Kier alpha value is 0.270. The van der Waals surface area contributed by atoms with Crippen molar-refractivity contribution < 1.29 is 5.11 Å². The van der Waals surface area contributed by atoms with Gasteiger partial charge in [-0.3, -0.25) is 4.90 Å². The molecule has 0 saturated carbocycles. The number of aliphatic hydroxyl groups excluding tert-OH is 1. The normalized spacial score (nSPS) is 27.0. The molecule has 0 spiro atoms. The van der Waals surface area contributed by atoms with Gasteiger partial charge in [0.1, 0.15) is 0 Å². The van der Waals surface area contributed by atoms with Crippen LogP contribution in [0.1, 0.15) is 20.8 Å². The van der Waals surface area contributed by atoms with Gasteiger partial charge >= 0.3 is 0 Å². The SMILES string of the molecule is C[C@H](O)CN1CCSC(C)(C)C1. The zero-order valence-electron chi connectivity index (χ0n) is 8.21. The lowest BCUT2D eigenvalue weighted by molar-refractivity contribution is 0.123. The van der Waals surface area contributed by atoms with Crippen molar-refractivity contribution in [2.75, 3.05) is 25.4 Å². The van der Waals surface area contributed by atoms with E-state index in [0.29, 0.717) is 4.75 Å². The summed E-state index contributed by atoms with van der Waals surface area (Å²) in [5.41, 5.74) is 0. The number of nitrogens with zero attached hydrogens (tertiary/aromatic N) is 1. The first-order valence-electron chi connectivity index (χ1n) is 4.54. The second kappa shape index (κ2) is 3.99. The lowest BCUT2D eigenvalue weighted by Gasteiger charge is -2.37. The number of thioether (sulfide) groups is 1. The zero-order chi connectivity index (χ0) is 9.19. The minimum Gasteiger partial charge on any atom is -0.392 e. The van der Waals surface area contributed by atoms with E-state index in [9.17, 15) is 5.11 Å². The monoisotopic (exact) mass is 189 g/mol. The molecule has 3 heteroatoms. The summed E-state index contributed by atoms with van der Waals surface area (Å²) in [5.74, 6) is 1.19. The van der Waals surface area contributed by atoms with Crippen LogP contribution in [0.4, 0.5) is 0 Å². The molecule has 0 aromatic heterocycles. The van der Waals surface area contributed by atoms with Crippen molar-refractivity contribution in [2.24, 2.45) is 0 Å². The number of hydrogen-bond donors (Lipinski definition) is 1. The molecule has 0 amide bonds. The predicted octanol–water partition coefficient (Wildman–Crippen LogP) is 1.19. The first kappa shape index (κ1) is 10.4. The predicted molar refractivity (Wildman–Crippen MR) is 54.7 cm³/mol. The molecular formula is C9H19NOS. The first-order valence-corrected chi connectivity index (χ1v) is 5.52. The Labute approximate surface area is 79.3 Å². The van der Waals surface area contributed by atoms with Gasteiger partial charge in [-0.2, -0.15) is 11.8 Å². The molecule has 0 radical (unpaired) electrons. The summed E-state index contributed by atoms with van der Waals surface area (Å²) in [6, 6.07) is 0. The van der Waals surface area contributed by atoms with Crippen molar-refractivity contribution in [3.05, 3.63) is 0 Å². The summed E-state index contributed by atoms with van der Waals surface area (Å²) >= 11 is 2.03. The summed E-state index contributed by atoms with van der Waals surface area (Å²) in [6.07, 6.45) is -0.191. The van der Waals surface area contributed by atoms with Gasteiger partial charge in [0.15, 0.2) is 0 Å². The maximum absolute atomic E-state index is 9.23. The summed E-state index contributed by atoms with van der Waals surface area (Å²) < 4.78 is 0.368. The van der Waals surface area contributed by atoms with E-state index < -0.39 is 0 Å². The minimum atomic E-state index is -0.191. The van der Waals surface area contributed by atoms with Gasteiger partial charge in [-0.25, -0.2) is 0 Å². The van der Waals surface area contributed by atoms with Gasteiger partial charge in [-0.15, -0.1) is 0 Å². The first-order chi connectivity index (χ1) is 5.49. The van der Waals surface area contributed by atoms with Crippen molar-refractivity contribution in [3.63, 3.8) is 0 Å². The Balaban J connectivity index is 2.36. The molecule has 2 nitrogen and oxygen atoms in total. The molecule has 1 heterocycles. The third-order valence-corrected chi connectivity index (χ3v) is 3.32. The summed E-state index contributed by atoms with van der Waals surface area (Å²) in [4.78, 5) is 2.35. The van der Waals surface area contributed by atoms with Crippen LogP contribution < -0.4 is 0 Å². The molecule has 0 aromatic rings. The van der Waals surface area contributed by atoms with Crippen LogP contribution in [-0.4, -0.2) is 46.2 Å². The third kappa shape index (κ3) is 3.33. The molecule has 1 atom stereocenters. The molecule has 12 heavy (non-hydrogen) atoms. The van der Waals surface area contributed by atoms with Crippen LogP contribution >= 0.6 is 11.8 Å². The number of aliphatic hydroxyl groups is 1. The van der Waals surface area contributed by atoms with Crippen molar-refractivity contribution >= 4 is 11.8 Å². The fraction of sp³-hybridized carbons (Fsp3) is 1.00. The maximum atomic E-state index is 9.23. The molecule has 0 unspecified atom stereocenters. The van der Waals surface area contributed by atoms with Crippen LogP contribution in [-0.2, 0) is 0 Å². The van der Waals surface area contributed by atoms with Gasteiger partial charge < -0.3 is 5.11 Å².